The zero-order chi connectivity index (χ0) is 22.3. The monoisotopic (exact) mass is 444 g/mol. The minimum Gasteiger partial charge on any atom is -0.366 e. The van der Waals surface area contributed by atoms with Gasteiger partial charge in [-0.2, -0.15) is 18.3 Å². The number of H-pyrrole nitrogens is 1. The van der Waals surface area contributed by atoms with Crippen LogP contribution in [0.5, 0.6) is 0 Å². The minimum absolute atomic E-state index is 0.0925. The molecular weight excluding hydrogens is 425 g/mol. The number of halogens is 3. The number of carbonyl (C=O) groups excluding carboxylic acids is 1. The van der Waals surface area contributed by atoms with Crippen molar-refractivity contribution in [1.82, 2.24) is 30.0 Å². The lowest BCUT2D eigenvalue weighted by atomic mass is 10.0. The van der Waals surface area contributed by atoms with Gasteiger partial charge in [-0.25, -0.2) is 0 Å². The van der Waals surface area contributed by atoms with Gasteiger partial charge in [-0.3, -0.25) is 24.8 Å². The number of hydrogen-bond donors (Lipinski definition) is 2. The number of aromatic amines is 1. The molecule has 0 aliphatic carbocycles. The van der Waals surface area contributed by atoms with Crippen LogP contribution in [0.4, 0.5) is 13.2 Å². The Kier molecular flexibility index (Phi) is 5.14. The predicted molar refractivity (Wildman–Crippen MR) is 110 cm³/mol. The molecule has 0 saturated carbocycles. The van der Waals surface area contributed by atoms with Gasteiger partial charge in [-0.1, -0.05) is 0 Å². The van der Waals surface area contributed by atoms with Crippen molar-refractivity contribution in [1.29, 1.82) is 0 Å². The maximum atomic E-state index is 13.3. The average molecular weight is 444 g/mol. The molecule has 2 N–H and O–H groups in total. The summed E-state index contributed by atoms with van der Waals surface area (Å²) < 4.78 is 46.0. The number of nitrogens with zero attached hydrogens (tertiary/aromatic N) is 4. The van der Waals surface area contributed by atoms with Gasteiger partial charge in [0.1, 0.15) is 17.9 Å². The number of hydrogen-bond acceptors (Lipinski definition) is 6. The first-order chi connectivity index (χ1) is 15.4. The van der Waals surface area contributed by atoms with E-state index in [2.05, 4.69) is 25.4 Å². The summed E-state index contributed by atoms with van der Waals surface area (Å²) >= 11 is 0. The van der Waals surface area contributed by atoms with E-state index in [1.165, 1.54) is 12.3 Å². The second-order valence-electron chi connectivity index (χ2n) is 7.65. The molecule has 32 heavy (non-hydrogen) atoms. The van der Waals surface area contributed by atoms with E-state index in [1.807, 2.05) is 0 Å². The van der Waals surface area contributed by atoms with Crippen LogP contribution < -0.4 is 5.32 Å². The topological polar surface area (TPSA) is 97.7 Å². The molecular formula is C21H19F3N6O2. The highest BCUT2D eigenvalue weighted by Gasteiger charge is 2.31. The third-order valence-electron chi connectivity index (χ3n) is 5.49. The van der Waals surface area contributed by atoms with Gasteiger partial charge in [0.05, 0.1) is 30.0 Å². The van der Waals surface area contributed by atoms with Crippen LogP contribution >= 0.6 is 0 Å². The second-order valence-corrected chi connectivity index (χ2v) is 7.65. The highest BCUT2D eigenvalue weighted by Crippen LogP contribution is 2.34. The highest BCUT2D eigenvalue weighted by atomic mass is 19.4. The van der Waals surface area contributed by atoms with Crippen molar-refractivity contribution in [2.75, 3.05) is 13.3 Å². The largest absolute Gasteiger partial charge is 0.408 e. The number of ether oxygens (including phenoxy) is 1. The maximum absolute atomic E-state index is 13.3. The molecule has 11 heteroatoms. The molecule has 1 atom stereocenters. The van der Waals surface area contributed by atoms with E-state index >= 15 is 0 Å². The van der Waals surface area contributed by atoms with Crippen LogP contribution in [0.2, 0.25) is 0 Å². The highest BCUT2D eigenvalue weighted by molar-refractivity contribution is 6.05. The average Bonchev–Trinajstić information content (AvgIpc) is 3.21. The third kappa shape index (κ3) is 3.84. The molecule has 0 radical (unpaired) electrons. The van der Waals surface area contributed by atoms with Crippen molar-refractivity contribution in [3.63, 3.8) is 0 Å². The number of nitrogens with one attached hydrogen (secondary N) is 2. The van der Waals surface area contributed by atoms with Crippen molar-refractivity contribution >= 4 is 27.6 Å². The Morgan fingerprint density at radius 1 is 1.28 bits per heavy atom. The zero-order valence-corrected chi connectivity index (χ0v) is 16.8. The van der Waals surface area contributed by atoms with Crippen molar-refractivity contribution in [3.8, 4) is 11.3 Å². The number of rotatable bonds is 4. The molecule has 1 unspecified atom stereocenters. The zero-order valence-electron chi connectivity index (χ0n) is 16.8. The van der Waals surface area contributed by atoms with Crippen LogP contribution in [-0.4, -0.2) is 56.1 Å². The van der Waals surface area contributed by atoms with Crippen molar-refractivity contribution in [2.45, 2.75) is 31.6 Å². The number of fused-ring (bicyclic) bond motifs is 2. The van der Waals surface area contributed by atoms with Crippen molar-refractivity contribution in [3.05, 3.63) is 42.6 Å². The first kappa shape index (κ1) is 20.6. The molecule has 0 aromatic carbocycles. The van der Waals surface area contributed by atoms with Crippen LogP contribution in [0.1, 0.15) is 23.3 Å². The van der Waals surface area contributed by atoms with Gasteiger partial charge >= 0.3 is 6.18 Å². The molecule has 1 saturated heterocycles. The second kappa shape index (κ2) is 7.99. The molecule has 5 heterocycles. The molecule has 0 amide bonds. The fraction of sp³-hybridized carbons (Fsp3) is 0.333. The van der Waals surface area contributed by atoms with Gasteiger partial charge in [0, 0.05) is 41.5 Å². The van der Waals surface area contributed by atoms with E-state index in [0.717, 1.165) is 15.6 Å². The van der Waals surface area contributed by atoms with Crippen molar-refractivity contribution < 1.29 is 22.7 Å². The van der Waals surface area contributed by atoms with E-state index in [0.29, 0.717) is 36.1 Å². The van der Waals surface area contributed by atoms with E-state index in [9.17, 15) is 18.0 Å². The van der Waals surface area contributed by atoms with E-state index in [1.54, 1.807) is 24.7 Å². The minimum atomic E-state index is -4.48. The van der Waals surface area contributed by atoms with Gasteiger partial charge < -0.3 is 9.72 Å². The molecule has 8 nitrogen and oxygen atoms in total. The lowest BCUT2D eigenvalue weighted by molar-refractivity contribution is -0.141. The number of alkyl halides is 3. The first-order valence-electron chi connectivity index (χ1n) is 10.1. The van der Waals surface area contributed by atoms with Crippen LogP contribution in [0, 0.1) is 0 Å². The summed E-state index contributed by atoms with van der Waals surface area (Å²) in [5, 5.41) is 8.48. The van der Waals surface area contributed by atoms with Gasteiger partial charge in [0.15, 0.2) is 5.78 Å². The molecule has 1 fully saturated rings. The number of pyridine rings is 2. The van der Waals surface area contributed by atoms with E-state index in [4.69, 9.17) is 4.74 Å². The lowest BCUT2D eigenvalue weighted by Crippen LogP contribution is -2.36. The molecule has 0 spiro atoms. The quantitative estimate of drug-likeness (QED) is 0.468. The van der Waals surface area contributed by atoms with Gasteiger partial charge in [0.25, 0.3) is 0 Å². The molecule has 1 aliphatic heterocycles. The summed E-state index contributed by atoms with van der Waals surface area (Å²) in [4.78, 5) is 24.4. The Bertz CT molecular complexity index is 1290. The fourth-order valence-corrected chi connectivity index (χ4v) is 3.99. The lowest BCUT2D eigenvalue weighted by Gasteiger charge is -2.13. The molecule has 4 aromatic heterocycles. The maximum Gasteiger partial charge on any atom is 0.408 e. The van der Waals surface area contributed by atoms with Gasteiger partial charge in [0.2, 0.25) is 0 Å². The molecule has 166 valence electrons. The predicted octanol–water partition coefficient (Wildman–Crippen LogP) is 3.45. The normalized spacial score (nSPS) is 17.7. The summed E-state index contributed by atoms with van der Waals surface area (Å²) in [5.41, 5.74) is 2.02. The van der Waals surface area contributed by atoms with Crippen LogP contribution in [0.25, 0.3) is 33.1 Å². The van der Waals surface area contributed by atoms with Crippen molar-refractivity contribution in [2.24, 2.45) is 0 Å². The summed E-state index contributed by atoms with van der Waals surface area (Å²) in [6.07, 6.45) is 3.13. The smallest absolute Gasteiger partial charge is 0.366 e. The number of ketones is 1. The van der Waals surface area contributed by atoms with E-state index in [-0.39, 0.29) is 23.7 Å². The summed E-state index contributed by atoms with van der Waals surface area (Å²) in [5.74, 6) is -0.281. The standard InChI is InChI=1S/C21H19F3N6O2/c22-21(23,24)10-30-18-6-16(20(31)15-2-1-5-32-11-28-15)26-8-14(18)19(29-30)13-7-27-17-9-25-4-3-12(13)17/h3-4,6-9,15,27-28H,1-2,5,10-11H2. The first-order valence-corrected chi connectivity index (χ1v) is 10.1. The third-order valence-corrected chi connectivity index (χ3v) is 5.49. The van der Waals surface area contributed by atoms with Gasteiger partial charge in [-0.15, -0.1) is 0 Å². The van der Waals surface area contributed by atoms with Crippen LogP contribution in [-0.2, 0) is 11.3 Å². The fourth-order valence-electron chi connectivity index (χ4n) is 3.99. The Morgan fingerprint density at radius 2 is 2.16 bits per heavy atom. The summed E-state index contributed by atoms with van der Waals surface area (Å²) in [7, 11) is 0. The Hall–Kier alpha value is -3.31. The molecule has 4 aromatic rings. The molecule has 0 bridgehead atoms. The Balaban J connectivity index is 1.62. The molecule has 1 aliphatic rings. The SMILES string of the molecule is O=C(c1cc2c(cn1)c(-c1c[nH]c3cnccc13)nn2CC(F)(F)F)C1CCCOCN1. The van der Waals surface area contributed by atoms with Crippen LogP contribution in [0.15, 0.2) is 36.9 Å². The molecule has 5 rings (SSSR count). The number of carbonyl (C=O) groups is 1. The number of aromatic nitrogens is 5. The number of Topliss-reactive ketones (excluding diaryl/α,β-unsaturated/α-hetero) is 1. The Morgan fingerprint density at radius 3 is 3.00 bits per heavy atom. The van der Waals surface area contributed by atoms with Crippen LogP contribution in [0.3, 0.4) is 0 Å². The Labute approximate surface area is 179 Å². The van der Waals surface area contributed by atoms with Gasteiger partial charge in [-0.05, 0) is 25.0 Å². The summed E-state index contributed by atoms with van der Waals surface area (Å²) in [6, 6.07) is 2.66. The van der Waals surface area contributed by atoms with E-state index < -0.39 is 18.8 Å². The summed E-state index contributed by atoms with van der Waals surface area (Å²) in [6.45, 7) is -0.490.